The number of hydrogen-bond acceptors (Lipinski definition) is 5. The van der Waals surface area contributed by atoms with E-state index in [-0.39, 0.29) is 12.7 Å². The normalized spacial score (nSPS) is 12.2. The van der Waals surface area contributed by atoms with E-state index in [4.69, 9.17) is 9.47 Å². The molecule has 0 aliphatic carbocycles. The van der Waals surface area contributed by atoms with E-state index in [1.54, 1.807) is 4.90 Å². The summed E-state index contributed by atoms with van der Waals surface area (Å²) in [4.78, 5) is 19.3. The second-order valence-corrected chi connectivity index (χ2v) is 6.80. The summed E-state index contributed by atoms with van der Waals surface area (Å²) in [5.74, 6) is 1.35. The van der Waals surface area contributed by atoms with Gasteiger partial charge in [0.2, 0.25) is 6.79 Å². The van der Waals surface area contributed by atoms with Gasteiger partial charge >= 0.3 is 0 Å². The standard InChI is InChI=1S/C20H18N2O3S/c1-3-22(16-7-5-4-6-13(16)2)20(23)15-11-26-19(21-15)14-8-9-17-18(10-14)25-12-24-17/h4-11H,3,12H2,1-2H3. The maximum atomic E-state index is 13.0. The number of amides is 1. The fraction of sp³-hybridized carbons (Fsp3) is 0.200. The molecule has 2 aromatic carbocycles. The van der Waals surface area contributed by atoms with Crippen LogP contribution in [0.1, 0.15) is 23.0 Å². The lowest BCUT2D eigenvalue weighted by Crippen LogP contribution is -2.31. The summed E-state index contributed by atoms with van der Waals surface area (Å²) in [6.07, 6.45) is 0. The van der Waals surface area contributed by atoms with Gasteiger partial charge in [0.05, 0.1) is 0 Å². The van der Waals surface area contributed by atoms with E-state index in [1.807, 2.05) is 61.7 Å². The van der Waals surface area contributed by atoms with Gasteiger partial charge in [0.1, 0.15) is 10.7 Å². The zero-order chi connectivity index (χ0) is 18.1. The summed E-state index contributed by atoms with van der Waals surface area (Å²) in [5.41, 5.74) is 3.34. The number of hydrogen-bond donors (Lipinski definition) is 0. The lowest BCUT2D eigenvalue weighted by Gasteiger charge is -2.21. The van der Waals surface area contributed by atoms with Crippen molar-refractivity contribution in [1.82, 2.24) is 4.98 Å². The van der Waals surface area contributed by atoms with Gasteiger partial charge in [-0.05, 0) is 43.7 Å². The van der Waals surface area contributed by atoms with Gasteiger partial charge in [-0.1, -0.05) is 18.2 Å². The molecule has 3 aromatic rings. The molecular weight excluding hydrogens is 348 g/mol. The van der Waals surface area contributed by atoms with Gasteiger partial charge in [0, 0.05) is 23.2 Å². The molecule has 132 valence electrons. The quantitative estimate of drug-likeness (QED) is 0.681. The third kappa shape index (κ3) is 2.93. The van der Waals surface area contributed by atoms with Crippen molar-refractivity contribution in [3.63, 3.8) is 0 Å². The van der Waals surface area contributed by atoms with Crippen molar-refractivity contribution in [2.45, 2.75) is 13.8 Å². The van der Waals surface area contributed by atoms with Gasteiger partial charge in [-0.15, -0.1) is 11.3 Å². The van der Waals surface area contributed by atoms with Crippen molar-refractivity contribution in [1.29, 1.82) is 0 Å². The average Bonchev–Trinajstić information content (AvgIpc) is 3.32. The fourth-order valence-electron chi connectivity index (χ4n) is 2.96. The van der Waals surface area contributed by atoms with Crippen molar-refractivity contribution in [3.8, 4) is 22.1 Å². The maximum absolute atomic E-state index is 13.0. The highest BCUT2D eigenvalue weighted by molar-refractivity contribution is 7.13. The first kappa shape index (κ1) is 16.6. The molecular formula is C20H18N2O3S. The van der Waals surface area contributed by atoms with Crippen molar-refractivity contribution < 1.29 is 14.3 Å². The van der Waals surface area contributed by atoms with E-state index < -0.39 is 0 Å². The first-order valence-corrected chi connectivity index (χ1v) is 9.28. The molecule has 6 heteroatoms. The Kier molecular flexibility index (Phi) is 4.34. The van der Waals surface area contributed by atoms with Crippen LogP contribution in [0.25, 0.3) is 10.6 Å². The minimum atomic E-state index is -0.0926. The summed E-state index contributed by atoms with van der Waals surface area (Å²) in [6, 6.07) is 13.6. The number of anilines is 1. The number of benzene rings is 2. The fourth-order valence-corrected chi connectivity index (χ4v) is 3.75. The molecule has 1 aromatic heterocycles. The molecule has 2 heterocycles. The van der Waals surface area contributed by atoms with Crippen LogP contribution in [0, 0.1) is 6.92 Å². The summed E-state index contributed by atoms with van der Waals surface area (Å²) < 4.78 is 10.8. The predicted molar refractivity (Wildman–Crippen MR) is 102 cm³/mol. The van der Waals surface area contributed by atoms with Crippen LogP contribution in [-0.2, 0) is 0 Å². The number of aryl methyl sites for hydroxylation is 1. The molecule has 0 saturated carbocycles. The highest BCUT2D eigenvalue weighted by atomic mass is 32.1. The van der Waals surface area contributed by atoms with Crippen LogP contribution >= 0.6 is 11.3 Å². The number of rotatable bonds is 4. The zero-order valence-electron chi connectivity index (χ0n) is 14.6. The van der Waals surface area contributed by atoms with E-state index in [1.165, 1.54) is 11.3 Å². The highest BCUT2D eigenvalue weighted by Crippen LogP contribution is 2.36. The Morgan fingerprint density at radius 3 is 2.81 bits per heavy atom. The minimum absolute atomic E-state index is 0.0926. The summed E-state index contributed by atoms with van der Waals surface area (Å²) in [6.45, 7) is 4.79. The monoisotopic (exact) mass is 366 g/mol. The van der Waals surface area contributed by atoms with Gasteiger partial charge in [0.15, 0.2) is 11.5 Å². The molecule has 0 unspecified atom stereocenters. The second-order valence-electron chi connectivity index (χ2n) is 5.94. The van der Waals surface area contributed by atoms with E-state index in [9.17, 15) is 4.79 Å². The van der Waals surface area contributed by atoms with E-state index in [0.717, 1.165) is 27.6 Å². The summed E-state index contributed by atoms with van der Waals surface area (Å²) in [7, 11) is 0. The van der Waals surface area contributed by atoms with Gasteiger partial charge in [-0.3, -0.25) is 4.79 Å². The molecule has 0 bridgehead atoms. The van der Waals surface area contributed by atoms with Crippen LogP contribution in [0.2, 0.25) is 0 Å². The van der Waals surface area contributed by atoms with Crippen molar-refractivity contribution in [2.75, 3.05) is 18.2 Å². The molecule has 4 rings (SSSR count). The zero-order valence-corrected chi connectivity index (χ0v) is 15.4. The molecule has 0 saturated heterocycles. The Balaban J connectivity index is 1.63. The van der Waals surface area contributed by atoms with Gasteiger partial charge in [-0.2, -0.15) is 0 Å². The molecule has 0 radical (unpaired) electrons. The van der Waals surface area contributed by atoms with Crippen molar-refractivity contribution in [3.05, 3.63) is 59.1 Å². The SMILES string of the molecule is CCN(C(=O)c1csc(-c2ccc3c(c2)OCO3)n1)c1ccccc1C. The van der Waals surface area contributed by atoms with Crippen molar-refractivity contribution >= 4 is 22.9 Å². The Bertz CT molecular complexity index is 967. The van der Waals surface area contributed by atoms with Crippen molar-refractivity contribution in [2.24, 2.45) is 0 Å². The predicted octanol–water partition coefficient (Wildman–Crippen LogP) is 4.51. The minimum Gasteiger partial charge on any atom is -0.454 e. The highest BCUT2D eigenvalue weighted by Gasteiger charge is 2.21. The number of nitrogens with zero attached hydrogens (tertiary/aromatic N) is 2. The first-order valence-electron chi connectivity index (χ1n) is 8.40. The van der Waals surface area contributed by atoms with Crippen LogP contribution < -0.4 is 14.4 Å². The van der Waals surface area contributed by atoms with Crippen LogP contribution in [0.4, 0.5) is 5.69 Å². The largest absolute Gasteiger partial charge is 0.454 e. The smallest absolute Gasteiger partial charge is 0.277 e. The Morgan fingerprint density at radius 1 is 1.19 bits per heavy atom. The van der Waals surface area contributed by atoms with E-state index in [2.05, 4.69) is 4.98 Å². The number of para-hydroxylation sites is 1. The number of carbonyl (C=O) groups excluding carboxylic acids is 1. The third-order valence-corrected chi connectivity index (χ3v) is 5.20. The molecule has 0 fully saturated rings. The Labute approximate surface area is 155 Å². The number of fused-ring (bicyclic) bond motifs is 1. The summed E-state index contributed by atoms with van der Waals surface area (Å²) in [5, 5.41) is 2.59. The second kappa shape index (κ2) is 6.80. The van der Waals surface area contributed by atoms with Gasteiger partial charge < -0.3 is 14.4 Å². The molecule has 0 spiro atoms. The number of thiazole rings is 1. The summed E-state index contributed by atoms with van der Waals surface area (Å²) >= 11 is 1.45. The van der Waals surface area contributed by atoms with E-state index >= 15 is 0 Å². The number of carbonyl (C=O) groups is 1. The molecule has 26 heavy (non-hydrogen) atoms. The lowest BCUT2D eigenvalue weighted by atomic mass is 10.1. The van der Waals surface area contributed by atoms with Crippen LogP contribution in [0.3, 0.4) is 0 Å². The third-order valence-electron chi connectivity index (χ3n) is 4.31. The molecule has 1 aliphatic heterocycles. The maximum Gasteiger partial charge on any atom is 0.277 e. The molecule has 1 aliphatic rings. The first-order chi connectivity index (χ1) is 12.7. The molecule has 0 N–H and O–H groups in total. The van der Waals surface area contributed by atoms with Gasteiger partial charge in [0.25, 0.3) is 5.91 Å². The molecule has 5 nitrogen and oxygen atoms in total. The average molecular weight is 366 g/mol. The Morgan fingerprint density at radius 2 is 2.00 bits per heavy atom. The van der Waals surface area contributed by atoms with Crippen LogP contribution in [0.15, 0.2) is 47.8 Å². The van der Waals surface area contributed by atoms with Crippen LogP contribution in [-0.4, -0.2) is 24.2 Å². The van der Waals surface area contributed by atoms with E-state index in [0.29, 0.717) is 18.0 Å². The molecule has 1 amide bonds. The van der Waals surface area contributed by atoms with Crippen LogP contribution in [0.5, 0.6) is 11.5 Å². The number of ether oxygens (including phenoxy) is 2. The molecule has 0 atom stereocenters. The van der Waals surface area contributed by atoms with Gasteiger partial charge in [-0.25, -0.2) is 4.98 Å². The lowest BCUT2D eigenvalue weighted by molar-refractivity contribution is 0.0984. The Hall–Kier alpha value is -2.86. The topological polar surface area (TPSA) is 51.7 Å². The number of aromatic nitrogens is 1.